The smallest absolute Gasteiger partial charge is 0.337 e. The molecule has 4 nitrogen and oxygen atoms in total. The van der Waals surface area contributed by atoms with Crippen molar-refractivity contribution >= 4 is 27.6 Å². The van der Waals surface area contributed by atoms with E-state index in [-0.39, 0.29) is 33.6 Å². The average Bonchev–Trinajstić information content (AvgIpc) is 2.43. The highest BCUT2D eigenvalue weighted by molar-refractivity contribution is 9.10. The summed E-state index contributed by atoms with van der Waals surface area (Å²) in [6.45, 7) is -0.344. The first-order chi connectivity index (χ1) is 9.90. The number of rotatable bonds is 4. The summed E-state index contributed by atoms with van der Waals surface area (Å²) in [7, 11) is 0. The molecule has 0 aliphatic heterocycles. The van der Waals surface area contributed by atoms with Crippen LogP contribution in [-0.2, 0) is 6.61 Å². The highest BCUT2D eigenvalue weighted by atomic mass is 79.9. The SMILES string of the molecule is Nc1cc(OCc2c(F)ccc(Br)c2F)ccc1C(=O)O. The summed E-state index contributed by atoms with van der Waals surface area (Å²) in [5.74, 6) is -2.42. The first-order valence-corrected chi connectivity index (χ1v) is 6.57. The molecule has 0 bridgehead atoms. The van der Waals surface area contributed by atoms with Gasteiger partial charge in [0.05, 0.1) is 15.6 Å². The number of anilines is 1. The molecule has 21 heavy (non-hydrogen) atoms. The Balaban J connectivity index is 2.19. The molecule has 0 atom stereocenters. The van der Waals surface area contributed by atoms with E-state index < -0.39 is 17.6 Å². The number of hydrogen-bond acceptors (Lipinski definition) is 3. The summed E-state index contributed by atoms with van der Waals surface area (Å²) in [4.78, 5) is 10.8. The summed E-state index contributed by atoms with van der Waals surface area (Å²) in [6, 6.07) is 6.30. The molecule has 0 amide bonds. The van der Waals surface area contributed by atoms with Gasteiger partial charge in [-0.05, 0) is 40.2 Å². The van der Waals surface area contributed by atoms with Gasteiger partial charge in [0, 0.05) is 11.8 Å². The second-order valence-corrected chi connectivity index (χ2v) is 5.02. The van der Waals surface area contributed by atoms with Gasteiger partial charge in [-0.2, -0.15) is 0 Å². The Morgan fingerprint density at radius 3 is 2.62 bits per heavy atom. The Hall–Kier alpha value is -2.15. The largest absolute Gasteiger partial charge is 0.489 e. The van der Waals surface area contributed by atoms with E-state index in [4.69, 9.17) is 15.6 Å². The maximum atomic E-state index is 13.7. The first-order valence-electron chi connectivity index (χ1n) is 5.78. The van der Waals surface area contributed by atoms with Gasteiger partial charge in [0.2, 0.25) is 0 Å². The molecule has 0 spiro atoms. The van der Waals surface area contributed by atoms with Crippen molar-refractivity contribution in [3.05, 3.63) is 57.6 Å². The van der Waals surface area contributed by atoms with Crippen LogP contribution in [0.3, 0.4) is 0 Å². The minimum atomic E-state index is -1.16. The van der Waals surface area contributed by atoms with Crippen LogP contribution in [0.2, 0.25) is 0 Å². The number of ether oxygens (including phenoxy) is 1. The van der Waals surface area contributed by atoms with Crippen molar-refractivity contribution in [3.8, 4) is 5.75 Å². The van der Waals surface area contributed by atoms with E-state index in [9.17, 15) is 13.6 Å². The number of nitrogen functional groups attached to an aromatic ring is 1. The van der Waals surface area contributed by atoms with Crippen LogP contribution in [0.25, 0.3) is 0 Å². The fourth-order valence-corrected chi connectivity index (χ4v) is 2.05. The van der Waals surface area contributed by atoms with Gasteiger partial charge in [0.1, 0.15) is 24.0 Å². The van der Waals surface area contributed by atoms with Crippen molar-refractivity contribution in [1.82, 2.24) is 0 Å². The molecule has 0 saturated carbocycles. The van der Waals surface area contributed by atoms with Crippen LogP contribution in [0.1, 0.15) is 15.9 Å². The van der Waals surface area contributed by atoms with E-state index >= 15 is 0 Å². The maximum absolute atomic E-state index is 13.7. The number of carboxylic acid groups (broad SMARTS) is 1. The Bertz CT molecular complexity index is 707. The number of hydrogen-bond donors (Lipinski definition) is 2. The zero-order chi connectivity index (χ0) is 15.6. The van der Waals surface area contributed by atoms with Crippen LogP contribution in [0.5, 0.6) is 5.75 Å². The van der Waals surface area contributed by atoms with Crippen molar-refractivity contribution < 1.29 is 23.4 Å². The molecule has 2 aromatic carbocycles. The van der Waals surface area contributed by atoms with Gasteiger partial charge in [0.25, 0.3) is 0 Å². The third-order valence-electron chi connectivity index (χ3n) is 2.78. The summed E-state index contributed by atoms with van der Waals surface area (Å²) >= 11 is 2.96. The highest BCUT2D eigenvalue weighted by Gasteiger charge is 2.14. The van der Waals surface area contributed by atoms with E-state index in [1.807, 2.05) is 0 Å². The minimum Gasteiger partial charge on any atom is -0.489 e. The summed E-state index contributed by atoms with van der Waals surface area (Å²) in [6.07, 6.45) is 0. The molecule has 0 radical (unpaired) electrons. The number of nitrogens with two attached hydrogens (primary N) is 1. The second-order valence-electron chi connectivity index (χ2n) is 4.16. The molecule has 0 heterocycles. The highest BCUT2D eigenvalue weighted by Crippen LogP contribution is 2.25. The maximum Gasteiger partial charge on any atom is 0.337 e. The van der Waals surface area contributed by atoms with E-state index in [0.29, 0.717) is 0 Å². The molecule has 0 aliphatic rings. The molecule has 0 aromatic heterocycles. The normalized spacial score (nSPS) is 10.4. The lowest BCUT2D eigenvalue weighted by molar-refractivity contribution is 0.0698. The van der Waals surface area contributed by atoms with Crippen LogP contribution >= 0.6 is 15.9 Å². The summed E-state index contributed by atoms with van der Waals surface area (Å²) in [5.41, 5.74) is 5.27. The van der Waals surface area contributed by atoms with Crippen LogP contribution in [0.15, 0.2) is 34.8 Å². The lowest BCUT2D eigenvalue weighted by atomic mass is 10.1. The Labute approximate surface area is 127 Å². The Kier molecular flexibility index (Phi) is 4.42. The van der Waals surface area contributed by atoms with Crippen LogP contribution in [0, 0.1) is 11.6 Å². The van der Waals surface area contributed by atoms with E-state index in [1.54, 1.807) is 0 Å². The molecule has 2 rings (SSSR count). The van der Waals surface area contributed by atoms with Gasteiger partial charge in [-0.15, -0.1) is 0 Å². The third kappa shape index (κ3) is 3.30. The topological polar surface area (TPSA) is 72.5 Å². The number of benzene rings is 2. The molecule has 2 aromatic rings. The van der Waals surface area contributed by atoms with Crippen LogP contribution in [-0.4, -0.2) is 11.1 Å². The van der Waals surface area contributed by atoms with Gasteiger partial charge in [-0.25, -0.2) is 13.6 Å². The number of halogens is 3. The first kappa shape index (κ1) is 15.2. The van der Waals surface area contributed by atoms with Crippen LogP contribution in [0.4, 0.5) is 14.5 Å². The number of carboxylic acids is 1. The zero-order valence-corrected chi connectivity index (χ0v) is 12.2. The molecule has 0 unspecified atom stereocenters. The van der Waals surface area contributed by atoms with Crippen molar-refractivity contribution in [2.75, 3.05) is 5.73 Å². The number of carbonyl (C=O) groups is 1. The lowest BCUT2D eigenvalue weighted by Crippen LogP contribution is -2.05. The molecule has 0 saturated heterocycles. The quantitative estimate of drug-likeness (QED) is 0.647. The number of aromatic carboxylic acids is 1. The molecule has 0 fully saturated rings. The Morgan fingerprint density at radius 1 is 1.29 bits per heavy atom. The second kappa shape index (κ2) is 6.09. The van der Waals surface area contributed by atoms with Crippen LogP contribution < -0.4 is 10.5 Å². The monoisotopic (exact) mass is 357 g/mol. The summed E-state index contributed by atoms with van der Waals surface area (Å²) < 4.78 is 32.7. The standard InChI is InChI=1S/C14H10BrF2NO3/c15-10-3-4-11(16)9(13(10)17)6-21-7-1-2-8(14(19)20)12(18)5-7/h1-5H,6,18H2,(H,19,20). The van der Waals surface area contributed by atoms with Gasteiger partial charge < -0.3 is 15.6 Å². The van der Waals surface area contributed by atoms with Crippen molar-refractivity contribution in [2.45, 2.75) is 6.61 Å². The minimum absolute atomic E-state index is 0.00943. The van der Waals surface area contributed by atoms with Gasteiger partial charge in [0.15, 0.2) is 0 Å². The van der Waals surface area contributed by atoms with Gasteiger partial charge in [-0.1, -0.05) is 0 Å². The molecule has 110 valence electrons. The molecular formula is C14H10BrF2NO3. The van der Waals surface area contributed by atoms with Gasteiger partial charge in [-0.3, -0.25) is 0 Å². The van der Waals surface area contributed by atoms with E-state index in [0.717, 1.165) is 6.07 Å². The van der Waals surface area contributed by atoms with Crippen molar-refractivity contribution in [2.24, 2.45) is 0 Å². The molecule has 3 N–H and O–H groups in total. The third-order valence-corrected chi connectivity index (χ3v) is 3.39. The van der Waals surface area contributed by atoms with Gasteiger partial charge >= 0.3 is 5.97 Å². The molecule has 7 heteroatoms. The summed E-state index contributed by atoms with van der Waals surface area (Å²) in [5, 5.41) is 8.84. The Morgan fingerprint density at radius 2 is 2.00 bits per heavy atom. The predicted octanol–water partition coefficient (Wildman–Crippen LogP) is 3.59. The van der Waals surface area contributed by atoms with E-state index in [1.165, 1.54) is 24.3 Å². The predicted molar refractivity (Wildman–Crippen MR) is 76.2 cm³/mol. The fourth-order valence-electron chi connectivity index (χ4n) is 1.68. The van der Waals surface area contributed by atoms with Crippen molar-refractivity contribution in [1.29, 1.82) is 0 Å². The van der Waals surface area contributed by atoms with Crippen molar-refractivity contribution in [3.63, 3.8) is 0 Å². The van der Waals surface area contributed by atoms with E-state index in [2.05, 4.69) is 15.9 Å². The fraction of sp³-hybridized carbons (Fsp3) is 0.0714. The molecular weight excluding hydrogens is 348 g/mol. The zero-order valence-electron chi connectivity index (χ0n) is 10.6. The molecule has 0 aliphatic carbocycles. The lowest BCUT2D eigenvalue weighted by Gasteiger charge is -2.10. The average molecular weight is 358 g/mol.